The Hall–Kier alpha value is -3.70. The van der Waals surface area contributed by atoms with Crippen molar-refractivity contribution < 1.29 is 22.8 Å². The van der Waals surface area contributed by atoms with E-state index < -0.39 is 21.8 Å². The van der Waals surface area contributed by atoms with Crippen LogP contribution in [0, 0.1) is 0 Å². The Morgan fingerprint density at radius 2 is 1.94 bits per heavy atom. The molecular formula is C23H22ClN5O5S. The number of carbonyl (C=O) groups excluding carboxylic acids is 3. The highest BCUT2D eigenvalue weighted by molar-refractivity contribution is 7.92. The predicted molar refractivity (Wildman–Crippen MR) is 133 cm³/mol. The first kappa shape index (κ1) is 24.4. The fourth-order valence-electron chi connectivity index (χ4n) is 3.96. The van der Waals surface area contributed by atoms with Crippen LogP contribution in [0.15, 0.2) is 48.8 Å². The summed E-state index contributed by atoms with van der Waals surface area (Å²) in [6, 6.07) is 9.55. The Kier molecular flexibility index (Phi) is 6.64. The van der Waals surface area contributed by atoms with E-state index in [1.807, 2.05) is 0 Å². The Labute approximate surface area is 206 Å². The van der Waals surface area contributed by atoms with E-state index in [1.54, 1.807) is 42.6 Å². The molecule has 2 heterocycles. The number of likely N-dealkylation sites (N-methyl/N-ethyl adjacent to an activating group) is 1. The number of pyridine rings is 1. The highest BCUT2D eigenvalue weighted by atomic mass is 35.5. The van der Waals surface area contributed by atoms with Gasteiger partial charge in [0.2, 0.25) is 21.8 Å². The van der Waals surface area contributed by atoms with E-state index >= 15 is 0 Å². The van der Waals surface area contributed by atoms with Crippen LogP contribution in [-0.2, 0) is 19.6 Å². The molecule has 35 heavy (non-hydrogen) atoms. The number of fused-ring (bicyclic) bond motifs is 2. The molecule has 1 unspecified atom stereocenters. The summed E-state index contributed by atoms with van der Waals surface area (Å²) in [5, 5.41) is 6.96. The molecule has 182 valence electrons. The zero-order chi connectivity index (χ0) is 25.3. The quantitative estimate of drug-likeness (QED) is 0.460. The second kappa shape index (κ2) is 9.51. The van der Waals surface area contributed by atoms with Crippen LogP contribution in [0.25, 0.3) is 10.8 Å². The minimum atomic E-state index is -3.50. The molecule has 1 atom stereocenters. The molecule has 0 fully saturated rings. The lowest BCUT2D eigenvalue weighted by Crippen LogP contribution is -2.47. The van der Waals surface area contributed by atoms with Crippen LogP contribution in [0.2, 0.25) is 5.02 Å². The zero-order valence-corrected chi connectivity index (χ0v) is 20.4. The number of aromatic nitrogens is 1. The van der Waals surface area contributed by atoms with E-state index in [0.29, 0.717) is 38.3 Å². The average Bonchev–Trinajstić information content (AvgIpc) is 2.80. The molecule has 1 aliphatic rings. The minimum Gasteiger partial charge on any atom is -0.358 e. The van der Waals surface area contributed by atoms with Gasteiger partial charge in [-0.05, 0) is 35.9 Å². The van der Waals surface area contributed by atoms with Crippen molar-refractivity contribution in [2.24, 2.45) is 0 Å². The van der Waals surface area contributed by atoms with Crippen molar-refractivity contribution in [1.29, 1.82) is 0 Å². The Morgan fingerprint density at radius 3 is 2.66 bits per heavy atom. The number of hydrogen-bond acceptors (Lipinski definition) is 6. The van der Waals surface area contributed by atoms with Gasteiger partial charge in [-0.15, -0.1) is 0 Å². The molecule has 1 aliphatic heterocycles. The average molecular weight is 516 g/mol. The molecule has 3 aromatic rings. The molecule has 0 saturated heterocycles. The number of benzene rings is 2. The summed E-state index contributed by atoms with van der Waals surface area (Å²) < 4.78 is 25.7. The number of sulfonamides is 1. The first-order valence-corrected chi connectivity index (χ1v) is 12.8. The molecule has 3 N–H and O–H groups in total. The van der Waals surface area contributed by atoms with Gasteiger partial charge in [-0.2, -0.15) is 0 Å². The van der Waals surface area contributed by atoms with Crippen molar-refractivity contribution in [3.63, 3.8) is 0 Å². The van der Waals surface area contributed by atoms with E-state index in [4.69, 9.17) is 11.6 Å². The summed E-state index contributed by atoms with van der Waals surface area (Å²) >= 11 is 6.16. The van der Waals surface area contributed by atoms with Crippen LogP contribution in [0.5, 0.6) is 0 Å². The molecule has 2 aromatic carbocycles. The number of carbonyl (C=O) groups is 3. The molecule has 0 aliphatic carbocycles. The third-order valence-corrected chi connectivity index (χ3v) is 6.40. The van der Waals surface area contributed by atoms with Gasteiger partial charge in [0.25, 0.3) is 5.91 Å². The Bertz CT molecular complexity index is 1460. The number of anilines is 2. The monoisotopic (exact) mass is 515 g/mol. The molecular weight excluding hydrogens is 494 g/mol. The number of hydrogen-bond donors (Lipinski definition) is 3. The van der Waals surface area contributed by atoms with Crippen LogP contribution in [0.3, 0.4) is 0 Å². The van der Waals surface area contributed by atoms with Gasteiger partial charge >= 0.3 is 0 Å². The van der Waals surface area contributed by atoms with Gasteiger partial charge in [-0.1, -0.05) is 17.7 Å². The largest absolute Gasteiger partial charge is 0.358 e. The topological polar surface area (TPSA) is 138 Å². The Morgan fingerprint density at radius 1 is 1.17 bits per heavy atom. The first-order valence-electron chi connectivity index (χ1n) is 10.5. The Balaban J connectivity index is 1.70. The van der Waals surface area contributed by atoms with Gasteiger partial charge in [0, 0.05) is 46.8 Å². The molecule has 0 saturated carbocycles. The second-order valence-electron chi connectivity index (χ2n) is 8.13. The summed E-state index contributed by atoms with van der Waals surface area (Å²) in [6.45, 7) is -0.220. The van der Waals surface area contributed by atoms with E-state index in [-0.39, 0.29) is 24.9 Å². The van der Waals surface area contributed by atoms with Crippen molar-refractivity contribution in [1.82, 2.24) is 15.2 Å². The zero-order valence-electron chi connectivity index (χ0n) is 18.8. The van der Waals surface area contributed by atoms with Crippen LogP contribution in [-0.4, -0.2) is 62.4 Å². The van der Waals surface area contributed by atoms with Crippen molar-refractivity contribution in [2.45, 2.75) is 5.92 Å². The first-order chi connectivity index (χ1) is 16.6. The number of halogens is 1. The van der Waals surface area contributed by atoms with Crippen molar-refractivity contribution in [2.75, 3.05) is 36.4 Å². The van der Waals surface area contributed by atoms with Crippen LogP contribution >= 0.6 is 11.6 Å². The number of nitrogens with one attached hydrogen (secondary N) is 3. The molecule has 10 nitrogen and oxygen atoms in total. The van der Waals surface area contributed by atoms with Gasteiger partial charge in [-0.25, -0.2) is 8.42 Å². The molecule has 0 spiro atoms. The number of amides is 3. The van der Waals surface area contributed by atoms with Crippen molar-refractivity contribution in [3.8, 4) is 0 Å². The molecule has 3 amide bonds. The fraction of sp³-hybridized carbons (Fsp3) is 0.217. The molecule has 12 heteroatoms. The lowest BCUT2D eigenvalue weighted by atomic mass is 9.88. The highest BCUT2D eigenvalue weighted by Crippen LogP contribution is 2.33. The molecule has 1 aromatic heterocycles. The lowest BCUT2D eigenvalue weighted by molar-refractivity contribution is -0.122. The summed E-state index contributed by atoms with van der Waals surface area (Å²) in [6.07, 6.45) is 4.10. The SMILES string of the molecule is CNC(=O)CN1CC(C(=O)Nc2cncc3ccc(NS(C)(=O)=O)cc23)c2cc(Cl)ccc2C1=O. The van der Waals surface area contributed by atoms with Gasteiger partial charge in [0.05, 0.1) is 30.6 Å². The van der Waals surface area contributed by atoms with E-state index in [0.717, 1.165) is 6.26 Å². The maximum absolute atomic E-state index is 13.5. The van der Waals surface area contributed by atoms with E-state index in [1.165, 1.54) is 18.1 Å². The van der Waals surface area contributed by atoms with E-state index in [9.17, 15) is 22.8 Å². The smallest absolute Gasteiger partial charge is 0.254 e. The lowest BCUT2D eigenvalue weighted by Gasteiger charge is -2.33. The number of nitrogens with zero attached hydrogens (tertiary/aromatic N) is 2. The summed E-state index contributed by atoms with van der Waals surface area (Å²) in [7, 11) is -2.03. The van der Waals surface area contributed by atoms with Gasteiger partial charge < -0.3 is 15.5 Å². The standard InChI is InChI=1S/C23H22ClN5O5S/c1-25-21(30)12-29-11-19(18-7-14(24)4-6-16(18)23(29)32)22(31)27-20-10-26-9-13-3-5-15(8-17(13)20)28-35(2,33)34/h3-10,19,28H,11-12H2,1-2H3,(H,25,30)(H,27,31). The van der Waals surface area contributed by atoms with Gasteiger partial charge in [0.1, 0.15) is 0 Å². The molecule has 0 radical (unpaired) electrons. The summed E-state index contributed by atoms with van der Waals surface area (Å²) in [5.74, 6) is -1.97. The fourth-order valence-corrected chi connectivity index (χ4v) is 4.70. The molecule has 0 bridgehead atoms. The third kappa shape index (κ3) is 5.36. The summed E-state index contributed by atoms with van der Waals surface area (Å²) in [4.78, 5) is 43.8. The molecule has 4 rings (SSSR count). The minimum absolute atomic E-state index is 0.0233. The van der Waals surface area contributed by atoms with Gasteiger partial charge in [-0.3, -0.25) is 24.1 Å². The third-order valence-electron chi connectivity index (χ3n) is 5.56. The maximum Gasteiger partial charge on any atom is 0.254 e. The second-order valence-corrected chi connectivity index (χ2v) is 10.3. The normalized spacial score (nSPS) is 15.5. The van der Waals surface area contributed by atoms with Crippen LogP contribution < -0.4 is 15.4 Å². The van der Waals surface area contributed by atoms with Crippen molar-refractivity contribution in [3.05, 3.63) is 64.9 Å². The van der Waals surface area contributed by atoms with E-state index in [2.05, 4.69) is 20.3 Å². The van der Waals surface area contributed by atoms with Crippen molar-refractivity contribution >= 4 is 61.5 Å². The maximum atomic E-state index is 13.5. The predicted octanol–water partition coefficient (Wildman–Crippen LogP) is 2.18. The number of rotatable bonds is 6. The summed E-state index contributed by atoms with van der Waals surface area (Å²) in [5.41, 5.74) is 1.45. The van der Waals surface area contributed by atoms with Crippen LogP contribution in [0.1, 0.15) is 21.8 Å². The van der Waals surface area contributed by atoms with Crippen LogP contribution in [0.4, 0.5) is 11.4 Å². The van der Waals surface area contributed by atoms with Gasteiger partial charge in [0.15, 0.2) is 0 Å². The highest BCUT2D eigenvalue weighted by Gasteiger charge is 2.36.